The number of nitrogens with zero attached hydrogens (tertiary/aromatic N) is 2. The predicted octanol–water partition coefficient (Wildman–Crippen LogP) is 1.64. The molecule has 0 fully saturated rings. The fourth-order valence-corrected chi connectivity index (χ4v) is 1.18. The van der Waals surface area contributed by atoms with Crippen molar-refractivity contribution >= 4 is 5.82 Å². The number of aromatic nitrogens is 2. The Hall–Kier alpha value is -1.24. The van der Waals surface area contributed by atoms with Gasteiger partial charge in [-0.2, -0.15) is 18.3 Å². The molecule has 1 atom stereocenters. The van der Waals surface area contributed by atoms with Crippen molar-refractivity contribution in [3.05, 3.63) is 11.8 Å². The van der Waals surface area contributed by atoms with E-state index in [-0.39, 0.29) is 11.9 Å². The largest absolute Gasteiger partial charge is 0.418 e. The van der Waals surface area contributed by atoms with Gasteiger partial charge in [-0.3, -0.25) is 0 Å². The van der Waals surface area contributed by atoms with Gasteiger partial charge in [0.25, 0.3) is 0 Å². The van der Waals surface area contributed by atoms with Gasteiger partial charge in [0.05, 0.1) is 11.8 Å². The van der Waals surface area contributed by atoms with Gasteiger partial charge in [-0.1, -0.05) is 0 Å². The zero-order valence-corrected chi connectivity index (χ0v) is 8.28. The Kier molecular flexibility index (Phi) is 2.94. The van der Waals surface area contributed by atoms with E-state index in [0.717, 1.165) is 6.20 Å². The van der Waals surface area contributed by atoms with Crippen molar-refractivity contribution in [1.29, 1.82) is 0 Å². The van der Waals surface area contributed by atoms with Crippen LogP contribution in [0.5, 0.6) is 0 Å². The molecule has 1 unspecified atom stereocenters. The molecule has 0 aliphatic carbocycles. The topological polar surface area (TPSA) is 64.1 Å². The van der Waals surface area contributed by atoms with E-state index >= 15 is 0 Å². The average Bonchev–Trinajstić information content (AvgIpc) is 2.44. The smallest absolute Gasteiger partial charge is 0.384 e. The van der Waals surface area contributed by atoms with E-state index in [2.05, 4.69) is 5.10 Å². The van der Waals surface area contributed by atoms with Crippen LogP contribution in [0.15, 0.2) is 6.20 Å². The molecule has 0 bridgehead atoms. The lowest BCUT2D eigenvalue weighted by Crippen LogP contribution is -2.21. The van der Waals surface area contributed by atoms with Crippen LogP contribution in [0.25, 0.3) is 0 Å². The molecule has 1 rings (SSSR count). The molecule has 3 N–H and O–H groups in total. The van der Waals surface area contributed by atoms with E-state index < -0.39 is 17.8 Å². The van der Waals surface area contributed by atoms with Crippen molar-refractivity contribution in [1.82, 2.24) is 9.78 Å². The summed E-state index contributed by atoms with van der Waals surface area (Å²) in [7, 11) is 0. The van der Waals surface area contributed by atoms with Crippen molar-refractivity contribution in [3.8, 4) is 0 Å². The minimum Gasteiger partial charge on any atom is -0.384 e. The summed E-state index contributed by atoms with van der Waals surface area (Å²) < 4.78 is 37.8. The number of hydrogen-bond acceptors (Lipinski definition) is 3. The number of nitrogen functional groups attached to an aromatic ring is 1. The van der Waals surface area contributed by atoms with Crippen molar-refractivity contribution in [2.24, 2.45) is 0 Å². The normalized spacial score (nSPS) is 14.6. The maximum absolute atomic E-state index is 12.2. The molecular weight excluding hydrogens is 211 g/mol. The van der Waals surface area contributed by atoms with Crippen LogP contribution in [-0.2, 0) is 0 Å². The van der Waals surface area contributed by atoms with Crippen LogP contribution in [0.3, 0.4) is 0 Å². The van der Waals surface area contributed by atoms with Crippen LogP contribution < -0.4 is 5.73 Å². The monoisotopic (exact) mass is 223 g/mol. The molecule has 0 amide bonds. The van der Waals surface area contributed by atoms with Crippen LogP contribution in [0.4, 0.5) is 19.0 Å². The molecule has 1 heterocycles. The van der Waals surface area contributed by atoms with Gasteiger partial charge < -0.3 is 10.8 Å². The quantitative estimate of drug-likeness (QED) is 0.801. The molecule has 7 heteroatoms. The Labute approximate surface area is 84.5 Å². The number of aliphatic hydroxyl groups is 1. The van der Waals surface area contributed by atoms with Crippen LogP contribution in [0.2, 0.25) is 0 Å². The fourth-order valence-electron chi connectivity index (χ4n) is 1.18. The Morgan fingerprint density at radius 2 is 2.00 bits per heavy atom. The van der Waals surface area contributed by atoms with E-state index in [0.29, 0.717) is 0 Å². The number of aliphatic hydroxyl groups excluding tert-OH is 1. The lowest BCUT2D eigenvalue weighted by Gasteiger charge is -2.14. The second kappa shape index (κ2) is 3.73. The third-order valence-electron chi connectivity index (χ3n) is 1.96. The highest BCUT2D eigenvalue weighted by atomic mass is 19.4. The van der Waals surface area contributed by atoms with Gasteiger partial charge in [0.1, 0.15) is 5.82 Å². The van der Waals surface area contributed by atoms with Crippen LogP contribution in [-0.4, -0.2) is 21.1 Å². The van der Waals surface area contributed by atoms with Gasteiger partial charge in [0.2, 0.25) is 0 Å². The first-order valence-corrected chi connectivity index (χ1v) is 4.32. The molecule has 0 radical (unpaired) electrons. The highest BCUT2D eigenvalue weighted by molar-refractivity contribution is 5.41. The molecule has 0 saturated carbocycles. The highest BCUT2D eigenvalue weighted by Gasteiger charge is 2.41. The number of hydrogen-bond donors (Lipinski definition) is 2. The van der Waals surface area contributed by atoms with Crippen LogP contribution >= 0.6 is 0 Å². The molecule has 15 heavy (non-hydrogen) atoms. The molecule has 0 aliphatic heterocycles. The third kappa shape index (κ3) is 2.23. The van der Waals surface area contributed by atoms with E-state index in [1.54, 1.807) is 13.8 Å². The summed E-state index contributed by atoms with van der Waals surface area (Å²) in [6.07, 6.45) is -6.36. The van der Waals surface area contributed by atoms with Crippen LogP contribution in [0, 0.1) is 0 Å². The van der Waals surface area contributed by atoms with Gasteiger partial charge in [-0.15, -0.1) is 0 Å². The molecule has 86 valence electrons. The first-order valence-electron chi connectivity index (χ1n) is 4.32. The number of anilines is 1. The van der Waals surface area contributed by atoms with Crippen molar-refractivity contribution in [3.63, 3.8) is 0 Å². The van der Waals surface area contributed by atoms with Crippen molar-refractivity contribution in [2.75, 3.05) is 5.73 Å². The zero-order chi connectivity index (χ0) is 11.8. The van der Waals surface area contributed by atoms with Gasteiger partial charge in [-0.25, -0.2) is 4.68 Å². The maximum Gasteiger partial charge on any atom is 0.418 e. The number of nitrogens with two attached hydrogens (primary N) is 1. The van der Waals surface area contributed by atoms with Gasteiger partial charge >= 0.3 is 6.18 Å². The maximum atomic E-state index is 12.2. The lowest BCUT2D eigenvalue weighted by molar-refractivity contribution is -0.206. The first-order chi connectivity index (χ1) is 6.75. The molecule has 0 aromatic carbocycles. The van der Waals surface area contributed by atoms with E-state index in [1.807, 2.05) is 0 Å². The average molecular weight is 223 g/mol. The minimum absolute atomic E-state index is 0.154. The standard InChI is InChI=1S/C8H12F3N3O/c1-4(2)14-7(12)5(3-13-14)6(15)8(9,10)11/h3-4,6,15H,12H2,1-2H3. The van der Waals surface area contributed by atoms with E-state index in [9.17, 15) is 13.2 Å². The number of rotatable bonds is 2. The summed E-state index contributed by atoms with van der Waals surface area (Å²) >= 11 is 0. The summed E-state index contributed by atoms with van der Waals surface area (Å²) in [6.45, 7) is 3.46. The van der Waals surface area contributed by atoms with Crippen LogP contribution in [0.1, 0.15) is 31.6 Å². The van der Waals surface area contributed by atoms with Crippen molar-refractivity contribution < 1.29 is 18.3 Å². The molecule has 0 aliphatic rings. The van der Waals surface area contributed by atoms with Gasteiger partial charge in [0, 0.05) is 6.04 Å². The molecule has 4 nitrogen and oxygen atoms in total. The van der Waals surface area contributed by atoms with E-state index in [1.165, 1.54) is 4.68 Å². The number of halogens is 3. The second-order valence-corrected chi connectivity index (χ2v) is 3.47. The molecule has 1 aromatic rings. The third-order valence-corrected chi connectivity index (χ3v) is 1.96. The second-order valence-electron chi connectivity index (χ2n) is 3.47. The SMILES string of the molecule is CC(C)n1ncc(C(O)C(F)(F)F)c1N. The minimum atomic E-state index is -4.72. The molecule has 0 saturated heterocycles. The Morgan fingerprint density at radius 3 is 2.33 bits per heavy atom. The summed E-state index contributed by atoms with van der Waals surface area (Å²) in [5.41, 5.74) is 5.04. The lowest BCUT2D eigenvalue weighted by atomic mass is 10.2. The Bertz CT molecular complexity index is 345. The predicted molar refractivity (Wildman–Crippen MR) is 48.0 cm³/mol. The first kappa shape index (κ1) is 11.8. The molecule has 1 aromatic heterocycles. The fraction of sp³-hybridized carbons (Fsp3) is 0.625. The van der Waals surface area contributed by atoms with Gasteiger partial charge in [-0.05, 0) is 13.8 Å². The Balaban J connectivity index is 3.07. The zero-order valence-electron chi connectivity index (χ0n) is 8.28. The summed E-state index contributed by atoms with van der Waals surface area (Å²) in [4.78, 5) is 0. The number of alkyl halides is 3. The van der Waals surface area contributed by atoms with E-state index in [4.69, 9.17) is 10.8 Å². The highest BCUT2D eigenvalue weighted by Crippen LogP contribution is 2.35. The van der Waals surface area contributed by atoms with Crippen molar-refractivity contribution in [2.45, 2.75) is 32.2 Å². The molecule has 0 spiro atoms. The summed E-state index contributed by atoms with van der Waals surface area (Å²) in [6, 6.07) is -0.154. The Morgan fingerprint density at radius 1 is 1.47 bits per heavy atom. The van der Waals surface area contributed by atoms with Gasteiger partial charge in [0.15, 0.2) is 6.10 Å². The molecular formula is C8H12F3N3O. The summed E-state index contributed by atoms with van der Waals surface area (Å²) in [5, 5.41) is 12.7. The summed E-state index contributed by atoms with van der Waals surface area (Å²) in [5.74, 6) is -0.158.